The van der Waals surface area contributed by atoms with Gasteiger partial charge in [0.05, 0.1) is 17.3 Å². The number of aliphatic hydroxyl groups excluding tert-OH is 1. The van der Waals surface area contributed by atoms with Gasteiger partial charge in [0.25, 0.3) is 5.78 Å². The third kappa shape index (κ3) is 3.85. The number of aromatic nitrogens is 1. The second kappa shape index (κ2) is 8.52. The summed E-state index contributed by atoms with van der Waals surface area (Å²) in [5, 5.41) is 12.1. The van der Waals surface area contributed by atoms with Gasteiger partial charge in [0.2, 0.25) is 0 Å². The van der Waals surface area contributed by atoms with Crippen molar-refractivity contribution in [3.63, 3.8) is 0 Å². The smallest absolute Gasteiger partial charge is 0.301 e. The molecule has 0 unspecified atom stereocenters. The van der Waals surface area contributed by atoms with E-state index in [2.05, 4.69) is 18.8 Å². The van der Waals surface area contributed by atoms with E-state index < -0.39 is 17.7 Å². The van der Waals surface area contributed by atoms with Gasteiger partial charge in [0, 0.05) is 15.5 Å². The largest absolute Gasteiger partial charge is 0.507 e. The Labute approximate surface area is 196 Å². The van der Waals surface area contributed by atoms with Crippen molar-refractivity contribution in [3.05, 3.63) is 86.4 Å². The van der Waals surface area contributed by atoms with Crippen molar-refractivity contribution in [1.82, 2.24) is 4.98 Å². The second-order valence-electron chi connectivity index (χ2n) is 8.14. The van der Waals surface area contributed by atoms with Crippen molar-refractivity contribution >= 4 is 45.5 Å². The summed E-state index contributed by atoms with van der Waals surface area (Å²) in [6, 6.07) is 13.5. The lowest BCUT2D eigenvalue weighted by atomic mass is 9.93. The van der Waals surface area contributed by atoms with E-state index in [9.17, 15) is 14.7 Å². The van der Waals surface area contributed by atoms with Crippen LogP contribution in [0.4, 0.5) is 5.13 Å². The molecule has 5 nitrogen and oxygen atoms in total. The minimum atomic E-state index is -0.781. The molecule has 32 heavy (non-hydrogen) atoms. The number of halogens is 1. The lowest BCUT2D eigenvalue weighted by Crippen LogP contribution is -2.29. The SMILES string of the molecule is Cc1nc(N2C(=O)C(=O)C(=C(O)c3ccc(Cl)cc3)[C@H]2c2ccc(C(C)C)cc2)sc1C. The Kier molecular flexibility index (Phi) is 5.93. The van der Waals surface area contributed by atoms with E-state index in [1.807, 2.05) is 38.1 Å². The number of thiazole rings is 1. The van der Waals surface area contributed by atoms with Crippen LogP contribution in [0.25, 0.3) is 5.76 Å². The summed E-state index contributed by atoms with van der Waals surface area (Å²) < 4.78 is 0. The number of hydrogen-bond acceptors (Lipinski definition) is 5. The predicted octanol–water partition coefficient (Wildman–Crippen LogP) is 6.16. The van der Waals surface area contributed by atoms with Gasteiger partial charge in [-0.1, -0.05) is 49.7 Å². The van der Waals surface area contributed by atoms with Crippen LogP contribution in [0.15, 0.2) is 54.1 Å². The second-order valence-corrected chi connectivity index (χ2v) is 9.75. The summed E-state index contributed by atoms with van der Waals surface area (Å²) in [6.07, 6.45) is 0. The summed E-state index contributed by atoms with van der Waals surface area (Å²) in [6.45, 7) is 7.99. The summed E-state index contributed by atoms with van der Waals surface area (Å²) in [5.74, 6) is -1.33. The Hall–Kier alpha value is -2.96. The van der Waals surface area contributed by atoms with Gasteiger partial charge in [-0.15, -0.1) is 11.3 Å². The van der Waals surface area contributed by atoms with Crippen molar-refractivity contribution in [2.45, 2.75) is 39.7 Å². The summed E-state index contributed by atoms with van der Waals surface area (Å²) >= 11 is 7.33. The lowest BCUT2D eigenvalue weighted by Gasteiger charge is -2.23. The average molecular weight is 467 g/mol. The van der Waals surface area contributed by atoms with Crippen LogP contribution in [-0.2, 0) is 9.59 Å². The molecular weight excluding hydrogens is 444 g/mol. The van der Waals surface area contributed by atoms with Crippen molar-refractivity contribution in [2.75, 3.05) is 4.90 Å². The fourth-order valence-electron chi connectivity index (χ4n) is 3.73. The minimum Gasteiger partial charge on any atom is -0.507 e. The molecule has 7 heteroatoms. The van der Waals surface area contributed by atoms with Crippen LogP contribution < -0.4 is 4.90 Å². The molecule has 2 aromatic carbocycles. The van der Waals surface area contributed by atoms with E-state index in [0.717, 1.165) is 21.7 Å². The molecule has 1 aliphatic heterocycles. The third-order valence-corrected chi connectivity index (χ3v) is 7.03. The Morgan fingerprint density at radius 1 is 1.06 bits per heavy atom. The Morgan fingerprint density at radius 2 is 1.69 bits per heavy atom. The molecule has 4 rings (SSSR count). The van der Waals surface area contributed by atoms with Gasteiger partial charge in [-0.25, -0.2) is 4.98 Å². The van der Waals surface area contributed by atoms with E-state index in [-0.39, 0.29) is 11.3 Å². The first kappa shape index (κ1) is 22.2. The first-order chi connectivity index (χ1) is 15.2. The van der Waals surface area contributed by atoms with E-state index in [0.29, 0.717) is 21.6 Å². The van der Waals surface area contributed by atoms with E-state index in [1.165, 1.54) is 16.2 Å². The Balaban J connectivity index is 1.92. The molecule has 1 N–H and O–H groups in total. The number of nitrogens with zero attached hydrogens (tertiary/aromatic N) is 2. The molecule has 1 atom stereocenters. The summed E-state index contributed by atoms with van der Waals surface area (Å²) in [7, 11) is 0. The molecule has 0 spiro atoms. The first-order valence-electron chi connectivity index (χ1n) is 10.3. The molecule has 0 aliphatic carbocycles. The van der Waals surface area contributed by atoms with Crippen molar-refractivity contribution in [3.8, 4) is 0 Å². The number of rotatable bonds is 4. The van der Waals surface area contributed by atoms with Crippen LogP contribution in [-0.4, -0.2) is 21.8 Å². The number of carbonyl (C=O) groups is 2. The zero-order valence-corrected chi connectivity index (χ0v) is 19.8. The van der Waals surface area contributed by atoms with E-state index in [4.69, 9.17) is 11.6 Å². The van der Waals surface area contributed by atoms with Gasteiger partial charge in [-0.3, -0.25) is 14.5 Å². The molecule has 0 bridgehead atoms. The van der Waals surface area contributed by atoms with Gasteiger partial charge in [0.15, 0.2) is 5.13 Å². The normalized spacial score (nSPS) is 18.1. The van der Waals surface area contributed by atoms with Crippen LogP contribution in [0, 0.1) is 13.8 Å². The lowest BCUT2D eigenvalue weighted by molar-refractivity contribution is -0.132. The third-order valence-electron chi connectivity index (χ3n) is 5.70. The quantitative estimate of drug-likeness (QED) is 0.284. The van der Waals surface area contributed by atoms with Crippen molar-refractivity contribution in [1.29, 1.82) is 0 Å². The van der Waals surface area contributed by atoms with Gasteiger partial charge in [-0.05, 0) is 55.2 Å². The topological polar surface area (TPSA) is 70.5 Å². The summed E-state index contributed by atoms with van der Waals surface area (Å²) in [4.78, 5) is 33.2. The Bertz CT molecular complexity index is 1210. The number of amides is 1. The molecule has 0 saturated carbocycles. The van der Waals surface area contributed by atoms with Gasteiger partial charge in [0.1, 0.15) is 5.76 Å². The number of Topliss-reactive ketones (excluding diaryl/α,β-unsaturated/α-hetero) is 1. The van der Waals surface area contributed by atoms with Crippen LogP contribution in [0.5, 0.6) is 0 Å². The number of anilines is 1. The fraction of sp³-hybridized carbons (Fsp3) is 0.240. The maximum absolute atomic E-state index is 13.2. The molecule has 1 aliphatic rings. The fourth-order valence-corrected chi connectivity index (χ4v) is 4.79. The summed E-state index contributed by atoms with van der Waals surface area (Å²) in [5.41, 5.74) is 3.14. The molecule has 1 amide bonds. The number of ketones is 1. The maximum Gasteiger partial charge on any atom is 0.301 e. The molecule has 164 valence electrons. The highest BCUT2D eigenvalue weighted by Crippen LogP contribution is 2.44. The highest BCUT2D eigenvalue weighted by Gasteiger charge is 2.48. The molecular formula is C25H23ClN2O3S. The van der Waals surface area contributed by atoms with Gasteiger partial charge >= 0.3 is 5.91 Å². The van der Waals surface area contributed by atoms with Crippen LogP contribution >= 0.6 is 22.9 Å². The number of benzene rings is 2. The van der Waals surface area contributed by atoms with Gasteiger partial charge in [-0.2, -0.15) is 0 Å². The van der Waals surface area contributed by atoms with Crippen LogP contribution in [0.2, 0.25) is 5.02 Å². The minimum absolute atomic E-state index is 0.0418. The average Bonchev–Trinajstić information content (AvgIpc) is 3.23. The Morgan fingerprint density at radius 3 is 2.22 bits per heavy atom. The first-order valence-corrected chi connectivity index (χ1v) is 11.5. The zero-order valence-electron chi connectivity index (χ0n) is 18.2. The van der Waals surface area contributed by atoms with E-state index in [1.54, 1.807) is 24.3 Å². The van der Waals surface area contributed by atoms with Crippen LogP contribution in [0.1, 0.15) is 53.1 Å². The number of aliphatic hydroxyl groups is 1. The molecule has 1 aromatic heterocycles. The number of aryl methyl sites for hydroxylation is 2. The molecule has 1 fully saturated rings. The highest BCUT2D eigenvalue weighted by atomic mass is 35.5. The van der Waals surface area contributed by atoms with Crippen molar-refractivity contribution < 1.29 is 14.7 Å². The highest BCUT2D eigenvalue weighted by molar-refractivity contribution is 7.16. The standard InChI is InChI=1S/C25H23ClN2O3S/c1-13(2)16-5-7-17(8-6-16)21-20(22(29)18-9-11-19(26)12-10-18)23(30)24(31)28(21)25-27-14(3)15(4)32-25/h5-13,21,29H,1-4H3/t21-/m1/s1. The maximum atomic E-state index is 13.2. The number of carbonyl (C=O) groups excluding carboxylic acids is 2. The number of hydrogen-bond donors (Lipinski definition) is 1. The van der Waals surface area contributed by atoms with Crippen molar-refractivity contribution in [2.24, 2.45) is 0 Å². The monoisotopic (exact) mass is 466 g/mol. The zero-order chi connectivity index (χ0) is 23.2. The molecule has 0 radical (unpaired) electrons. The molecule has 2 heterocycles. The predicted molar refractivity (Wildman–Crippen MR) is 128 cm³/mol. The molecule has 1 saturated heterocycles. The van der Waals surface area contributed by atoms with Crippen LogP contribution in [0.3, 0.4) is 0 Å². The molecule has 3 aromatic rings. The van der Waals surface area contributed by atoms with Gasteiger partial charge < -0.3 is 5.11 Å². The van der Waals surface area contributed by atoms with E-state index >= 15 is 0 Å².